The largest absolute Gasteiger partial charge is 0.497 e. The number of hydrogen-bond donors (Lipinski definition) is 5. The van der Waals surface area contributed by atoms with E-state index in [1.165, 1.54) is 25.3 Å². The molecule has 0 atom stereocenters. The number of aliphatic hydroxyl groups is 1. The lowest BCUT2D eigenvalue weighted by Gasteiger charge is -2.15. The van der Waals surface area contributed by atoms with Crippen molar-refractivity contribution in [3.05, 3.63) is 102 Å². The van der Waals surface area contributed by atoms with E-state index in [-0.39, 0.29) is 35.4 Å². The van der Waals surface area contributed by atoms with E-state index in [2.05, 4.69) is 30.6 Å². The number of aliphatic hydroxyl groups excluding tert-OH is 1. The lowest BCUT2D eigenvalue weighted by atomic mass is 10.2. The van der Waals surface area contributed by atoms with Crippen LogP contribution in [0.2, 0.25) is 5.02 Å². The molecule has 0 aliphatic rings. The second-order valence-corrected chi connectivity index (χ2v) is 11.4. The Morgan fingerprint density at radius 3 is 2.33 bits per heavy atom. The summed E-state index contributed by atoms with van der Waals surface area (Å²) in [6.45, 7) is -0.305. The first-order valence-electron chi connectivity index (χ1n) is 13.0. The third-order valence-corrected chi connectivity index (χ3v) is 7.86. The van der Waals surface area contributed by atoms with Gasteiger partial charge in [0.1, 0.15) is 5.75 Å². The van der Waals surface area contributed by atoms with Crippen molar-refractivity contribution in [2.45, 2.75) is 11.5 Å². The number of methoxy groups -OCH3 is 1. The second kappa shape index (κ2) is 12.9. The van der Waals surface area contributed by atoms with E-state index in [1.807, 2.05) is 0 Å². The summed E-state index contributed by atoms with van der Waals surface area (Å²) in [6.07, 6.45) is 0. The Hall–Kier alpha value is -4.91. The molecule has 0 fully saturated rings. The summed E-state index contributed by atoms with van der Waals surface area (Å²) in [5.41, 5.74) is 2.97. The molecule has 0 spiro atoms. The maximum Gasteiger partial charge on any atom is 0.263 e. The third kappa shape index (κ3) is 7.30. The summed E-state index contributed by atoms with van der Waals surface area (Å²) in [5, 5.41) is 18.9. The van der Waals surface area contributed by atoms with Crippen LogP contribution in [0.1, 0.15) is 5.56 Å². The Balaban J connectivity index is 1.39. The zero-order chi connectivity index (χ0) is 30.4. The van der Waals surface area contributed by atoms with E-state index in [0.29, 0.717) is 38.7 Å². The number of nitrogens with one attached hydrogen (secondary N) is 4. The standard InChI is InChI=1S/C30H27ClN6O5S/c1-42-22-14-19(18-38)13-21(15-22)34-29-30(36-27-12-5-4-11-26(27)35-29)37-43(40,41)23-8-6-7-20(16-23)33-28(39)17-32-25-10-3-2-9-24(25)31/h2-16,32,38H,17-18H2,1H3,(H,33,39)(H,34,35)(H,36,37). The Bertz CT molecular complexity index is 1880. The number of anilines is 5. The van der Waals surface area contributed by atoms with Gasteiger partial charge in [0.25, 0.3) is 10.0 Å². The molecule has 5 aromatic rings. The number of halogens is 1. The van der Waals surface area contributed by atoms with Crippen LogP contribution in [0, 0.1) is 0 Å². The van der Waals surface area contributed by atoms with Gasteiger partial charge < -0.3 is 25.8 Å². The van der Waals surface area contributed by atoms with E-state index >= 15 is 0 Å². The smallest absolute Gasteiger partial charge is 0.263 e. The minimum absolute atomic E-state index is 0.0505. The number of para-hydroxylation sites is 3. The lowest BCUT2D eigenvalue weighted by Crippen LogP contribution is -2.22. The topological polar surface area (TPSA) is 155 Å². The molecule has 0 radical (unpaired) electrons. The van der Waals surface area contributed by atoms with Crippen LogP contribution in [0.5, 0.6) is 5.75 Å². The van der Waals surface area contributed by atoms with Gasteiger partial charge in [-0.15, -0.1) is 0 Å². The number of nitrogens with zero attached hydrogens (tertiary/aromatic N) is 2. The van der Waals surface area contributed by atoms with Gasteiger partial charge in [-0.2, -0.15) is 0 Å². The summed E-state index contributed by atoms with van der Waals surface area (Å²) >= 11 is 6.12. The molecule has 220 valence electrons. The molecule has 1 amide bonds. The zero-order valence-corrected chi connectivity index (χ0v) is 24.4. The van der Waals surface area contributed by atoms with Gasteiger partial charge in [0, 0.05) is 17.4 Å². The number of benzene rings is 4. The molecule has 0 bridgehead atoms. The van der Waals surface area contributed by atoms with Crippen molar-refractivity contribution in [2.24, 2.45) is 0 Å². The predicted octanol–water partition coefficient (Wildman–Crippen LogP) is 5.38. The molecular weight excluding hydrogens is 592 g/mol. The van der Waals surface area contributed by atoms with Crippen molar-refractivity contribution < 1.29 is 23.1 Å². The number of fused-ring (bicyclic) bond motifs is 1. The molecule has 0 saturated heterocycles. The van der Waals surface area contributed by atoms with E-state index in [0.717, 1.165) is 0 Å². The molecule has 5 N–H and O–H groups in total. The van der Waals surface area contributed by atoms with Crippen molar-refractivity contribution in [2.75, 3.05) is 34.3 Å². The molecule has 1 aromatic heterocycles. The van der Waals surface area contributed by atoms with Crippen molar-refractivity contribution in [3.63, 3.8) is 0 Å². The summed E-state index contributed by atoms with van der Waals surface area (Å²) < 4.78 is 34.9. The Morgan fingerprint density at radius 2 is 1.60 bits per heavy atom. The fraction of sp³-hybridized carbons (Fsp3) is 0.100. The van der Waals surface area contributed by atoms with Gasteiger partial charge in [0.2, 0.25) is 5.91 Å². The number of aromatic nitrogens is 2. The minimum atomic E-state index is -4.18. The fourth-order valence-electron chi connectivity index (χ4n) is 4.15. The van der Waals surface area contributed by atoms with Gasteiger partial charge >= 0.3 is 0 Å². The highest BCUT2D eigenvalue weighted by molar-refractivity contribution is 7.92. The molecule has 4 aromatic carbocycles. The Morgan fingerprint density at radius 1 is 0.884 bits per heavy atom. The number of carbonyl (C=O) groups is 1. The molecule has 0 unspecified atom stereocenters. The van der Waals surface area contributed by atoms with E-state index in [1.54, 1.807) is 72.8 Å². The number of rotatable bonds is 11. The van der Waals surface area contributed by atoms with Gasteiger partial charge in [-0.05, 0) is 60.2 Å². The third-order valence-electron chi connectivity index (χ3n) is 6.19. The molecule has 13 heteroatoms. The number of ether oxygens (including phenoxy) is 1. The predicted molar refractivity (Wildman–Crippen MR) is 168 cm³/mol. The monoisotopic (exact) mass is 618 g/mol. The van der Waals surface area contributed by atoms with Crippen molar-refractivity contribution in [3.8, 4) is 5.75 Å². The summed E-state index contributed by atoms with van der Waals surface area (Å²) in [5.74, 6) is 0.181. The minimum Gasteiger partial charge on any atom is -0.497 e. The lowest BCUT2D eigenvalue weighted by molar-refractivity contribution is -0.114. The highest BCUT2D eigenvalue weighted by Crippen LogP contribution is 2.30. The second-order valence-electron chi connectivity index (χ2n) is 9.28. The van der Waals surface area contributed by atoms with Crippen molar-refractivity contribution in [1.29, 1.82) is 0 Å². The van der Waals surface area contributed by atoms with Gasteiger partial charge in [0.05, 0.1) is 46.9 Å². The van der Waals surface area contributed by atoms with Crippen molar-refractivity contribution in [1.82, 2.24) is 9.97 Å². The van der Waals surface area contributed by atoms with Gasteiger partial charge in [-0.25, -0.2) is 18.4 Å². The van der Waals surface area contributed by atoms with Crippen LogP contribution in [-0.4, -0.2) is 43.1 Å². The molecule has 11 nitrogen and oxygen atoms in total. The average Bonchev–Trinajstić information content (AvgIpc) is 3.00. The van der Waals surface area contributed by atoms with Crippen LogP contribution >= 0.6 is 11.6 Å². The van der Waals surface area contributed by atoms with Crippen LogP contribution in [0.15, 0.2) is 95.9 Å². The first-order chi connectivity index (χ1) is 20.7. The highest BCUT2D eigenvalue weighted by Gasteiger charge is 2.20. The Kier molecular flexibility index (Phi) is 8.90. The number of hydrogen-bond acceptors (Lipinski definition) is 9. The normalized spacial score (nSPS) is 11.1. The van der Waals surface area contributed by atoms with Crippen LogP contribution in [0.4, 0.5) is 28.7 Å². The molecule has 0 aliphatic carbocycles. The van der Waals surface area contributed by atoms with Gasteiger partial charge in [-0.1, -0.05) is 41.9 Å². The average molecular weight is 619 g/mol. The molecule has 43 heavy (non-hydrogen) atoms. The molecule has 5 rings (SSSR count). The van der Waals surface area contributed by atoms with Crippen LogP contribution in [0.25, 0.3) is 11.0 Å². The number of amides is 1. The first kappa shape index (κ1) is 29.6. The van der Waals surface area contributed by atoms with E-state index in [9.17, 15) is 18.3 Å². The first-order valence-corrected chi connectivity index (χ1v) is 14.8. The number of sulfonamides is 1. The molecule has 0 saturated carbocycles. The zero-order valence-electron chi connectivity index (χ0n) is 22.8. The SMILES string of the molecule is COc1cc(CO)cc(Nc2nc3ccccc3nc2NS(=O)(=O)c2cccc(NC(=O)CNc3ccccc3Cl)c2)c1. The quantitative estimate of drug-likeness (QED) is 0.131. The molecular formula is C30H27ClN6O5S. The maximum atomic E-state index is 13.5. The summed E-state index contributed by atoms with van der Waals surface area (Å²) in [6, 6.07) is 24.9. The number of carbonyl (C=O) groups excluding carboxylic acids is 1. The van der Waals surface area contributed by atoms with Crippen LogP contribution in [0.3, 0.4) is 0 Å². The molecule has 1 heterocycles. The highest BCUT2D eigenvalue weighted by atomic mass is 35.5. The van der Waals surface area contributed by atoms with Crippen LogP contribution < -0.4 is 25.4 Å². The van der Waals surface area contributed by atoms with Crippen LogP contribution in [-0.2, 0) is 21.4 Å². The van der Waals surface area contributed by atoms with E-state index in [4.69, 9.17) is 16.3 Å². The fourth-order valence-corrected chi connectivity index (χ4v) is 5.41. The van der Waals surface area contributed by atoms with E-state index < -0.39 is 15.9 Å². The maximum absolute atomic E-state index is 13.5. The summed E-state index contributed by atoms with van der Waals surface area (Å²) in [7, 11) is -2.68. The van der Waals surface area contributed by atoms with Gasteiger partial charge in [0.15, 0.2) is 11.6 Å². The Labute approximate surface area is 253 Å². The van der Waals surface area contributed by atoms with Crippen molar-refractivity contribution >= 4 is 67.3 Å². The summed E-state index contributed by atoms with van der Waals surface area (Å²) in [4.78, 5) is 21.6. The molecule has 0 aliphatic heterocycles. The van der Waals surface area contributed by atoms with Gasteiger partial charge in [-0.3, -0.25) is 9.52 Å².